The zero-order valence-corrected chi connectivity index (χ0v) is 24.0. The largest absolute Gasteiger partial charge is 0.443 e. The summed E-state index contributed by atoms with van der Waals surface area (Å²) in [5, 5.41) is 0.202. The Morgan fingerprint density at radius 1 is 1.36 bits per heavy atom. The van der Waals surface area contributed by atoms with E-state index in [1.165, 1.54) is 34.9 Å². The third-order valence-electron chi connectivity index (χ3n) is 6.11. The Bertz CT molecular complexity index is 1090. The van der Waals surface area contributed by atoms with Crippen LogP contribution in [0.3, 0.4) is 0 Å². The van der Waals surface area contributed by atoms with Gasteiger partial charge in [0.2, 0.25) is 0 Å². The van der Waals surface area contributed by atoms with Gasteiger partial charge in [-0.2, -0.15) is 0 Å². The summed E-state index contributed by atoms with van der Waals surface area (Å²) < 4.78 is 41.0. The van der Waals surface area contributed by atoms with Crippen molar-refractivity contribution in [2.45, 2.75) is 75.7 Å². The van der Waals surface area contributed by atoms with Crippen LogP contribution >= 0.6 is 11.8 Å². The molecule has 0 radical (unpaired) electrons. The number of fused-ring (bicyclic) bond motifs is 1. The van der Waals surface area contributed by atoms with E-state index in [0.29, 0.717) is 18.7 Å². The Morgan fingerprint density at radius 3 is 2.64 bits per heavy atom. The minimum absolute atomic E-state index is 0.0661. The number of alkyl halides is 1. The van der Waals surface area contributed by atoms with E-state index in [1.807, 2.05) is 0 Å². The van der Waals surface area contributed by atoms with Crippen molar-refractivity contribution < 1.29 is 23.0 Å². The van der Waals surface area contributed by atoms with Crippen LogP contribution in [0, 0.1) is 23.6 Å². The first-order valence-corrected chi connectivity index (χ1v) is 16.6. The normalized spacial score (nSPS) is 25.2. The minimum atomic E-state index is -1.57. The van der Waals surface area contributed by atoms with Crippen molar-refractivity contribution in [2.75, 3.05) is 25.7 Å². The number of benzene rings is 1. The molecule has 1 saturated carbocycles. The highest BCUT2D eigenvalue weighted by molar-refractivity contribution is 8.15. The van der Waals surface area contributed by atoms with Crippen molar-refractivity contribution in [1.82, 2.24) is 4.90 Å². The summed E-state index contributed by atoms with van der Waals surface area (Å²) in [6, 6.07) is 4.99. The Labute approximate surface area is 218 Å². The standard InChI is InChI=1S/C26H37F2N3O3SSi/c1-8-11-25-15-21(25)26(16-27,19-14-18(29)9-10-20(19)28)30-22(35-25)31(23(32)34-24(2,3)4)17-33-12-13-36(5,6)7/h9-10,14,21H,12-13,15-17,29H2,1-7H3/t21-,25+,26-/m1/s1. The Hall–Kier alpha value is -2.09. The average Bonchev–Trinajstić information content (AvgIpc) is 3.47. The summed E-state index contributed by atoms with van der Waals surface area (Å²) in [5.74, 6) is 5.14. The van der Waals surface area contributed by atoms with Gasteiger partial charge in [0.05, 0.1) is 4.75 Å². The molecule has 0 aromatic heterocycles. The van der Waals surface area contributed by atoms with E-state index < -0.39 is 42.5 Å². The highest BCUT2D eigenvalue weighted by Crippen LogP contribution is 2.66. The lowest BCUT2D eigenvalue weighted by Gasteiger charge is -2.37. The average molecular weight is 538 g/mol. The fourth-order valence-electron chi connectivity index (χ4n) is 4.19. The van der Waals surface area contributed by atoms with Gasteiger partial charge in [0.15, 0.2) is 5.17 Å². The molecule has 1 heterocycles. The van der Waals surface area contributed by atoms with Crippen LogP contribution in [0.5, 0.6) is 0 Å². The van der Waals surface area contributed by atoms with Crippen LogP contribution in [0.2, 0.25) is 25.7 Å². The van der Waals surface area contributed by atoms with E-state index >= 15 is 8.78 Å². The van der Waals surface area contributed by atoms with Gasteiger partial charge < -0.3 is 15.2 Å². The quantitative estimate of drug-likeness (QED) is 0.152. The second kappa shape index (κ2) is 10.3. The number of ether oxygens (including phenoxy) is 2. The number of nitrogen functional groups attached to an aromatic ring is 1. The maximum absolute atomic E-state index is 15.1. The number of nitrogens with zero attached hydrogens (tertiary/aromatic N) is 2. The molecule has 10 heteroatoms. The molecule has 1 aromatic carbocycles. The number of hydrogen-bond donors (Lipinski definition) is 1. The van der Waals surface area contributed by atoms with E-state index in [1.54, 1.807) is 27.7 Å². The summed E-state index contributed by atoms with van der Waals surface area (Å²) in [6.45, 7) is 13.1. The number of halogens is 2. The molecule has 0 unspecified atom stereocenters. The molecule has 0 spiro atoms. The van der Waals surface area contributed by atoms with Crippen molar-refractivity contribution in [1.29, 1.82) is 0 Å². The lowest BCUT2D eigenvalue weighted by molar-refractivity contribution is 0.0109. The molecule has 0 bridgehead atoms. The van der Waals surface area contributed by atoms with Gasteiger partial charge in [-0.1, -0.05) is 37.3 Å². The number of rotatable bonds is 7. The third-order valence-corrected chi connectivity index (χ3v) is 9.23. The molecule has 2 aliphatic rings. The molecule has 0 saturated heterocycles. The van der Waals surface area contributed by atoms with Crippen molar-refractivity contribution >= 4 is 36.8 Å². The molecule has 1 fully saturated rings. The van der Waals surface area contributed by atoms with E-state index in [9.17, 15) is 4.79 Å². The van der Waals surface area contributed by atoms with Gasteiger partial charge >= 0.3 is 6.09 Å². The van der Waals surface area contributed by atoms with E-state index in [0.717, 1.165) is 6.04 Å². The highest BCUT2D eigenvalue weighted by atomic mass is 32.2. The van der Waals surface area contributed by atoms with Crippen molar-refractivity contribution in [3.05, 3.63) is 29.6 Å². The van der Waals surface area contributed by atoms with Crippen molar-refractivity contribution in [2.24, 2.45) is 10.9 Å². The zero-order valence-electron chi connectivity index (χ0n) is 22.2. The summed E-state index contributed by atoms with van der Waals surface area (Å²) in [4.78, 5) is 19.3. The highest BCUT2D eigenvalue weighted by Gasteiger charge is 2.69. The molecule has 6 nitrogen and oxygen atoms in total. The number of hydrogen-bond acceptors (Lipinski definition) is 6. The van der Waals surface area contributed by atoms with Crippen LogP contribution in [0.1, 0.15) is 39.7 Å². The molecule has 3 atom stereocenters. The Kier molecular flexibility index (Phi) is 8.18. The lowest BCUT2D eigenvalue weighted by atomic mass is 9.84. The van der Waals surface area contributed by atoms with Gasteiger partial charge in [0.25, 0.3) is 0 Å². The minimum Gasteiger partial charge on any atom is -0.443 e. The third kappa shape index (κ3) is 6.24. The molecule has 1 aromatic rings. The SMILES string of the molecule is CC#C[C@]12C[C@H]1[C@@](CF)(c1cc(N)ccc1F)N=C(N(COCC[Si](C)(C)C)C(=O)OC(C)(C)C)S2. The maximum atomic E-state index is 15.1. The van der Waals surface area contributed by atoms with Gasteiger partial charge in [0.1, 0.15) is 30.4 Å². The second-order valence-electron chi connectivity index (χ2n) is 11.6. The first kappa shape index (κ1) is 28.5. The van der Waals surface area contributed by atoms with E-state index in [4.69, 9.17) is 20.2 Å². The number of anilines is 1. The van der Waals surface area contributed by atoms with Crippen LogP contribution < -0.4 is 5.73 Å². The first-order valence-electron chi connectivity index (χ1n) is 12.1. The van der Waals surface area contributed by atoms with Crippen LogP contribution in [0.15, 0.2) is 23.2 Å². The zero-order chi connectivity index (χ0) is 26.9. The number of nitrogens with two attached hydrogens (primary N) is 1. The van der Waals surface area contributed by atoms with Crippen LogP contribution in [0.25, 0.3) is 0 Å². The number of thioether (sulfide) groups is 1. The van der Waals surface area contributed by atoms with Gasteiger partial charge in [-0.05, 0) is 58.4 Å². The van der Waals surface area contributed by atoms with Crippen molar-refractivity contribution in [3.8, 4) is 11.8 Å². The van der Waals surface area contributed by atoms with Gasteiger partial charge in [0, 0.05) is 31.8 Å². The maximum Gasteiger partial charge on any atom is 0.418 e. The van der Waals surface area contributed by atoms with Crippen LogP contribution in [-0.4, -0.2) is 54.6 Å². The van der Waals surface area contributed by atoms with Crippen LogP contribution in [0.4, 0.5) is 19.3 Å². The molecule has 1 aliphatic heterocycles. The molecule has 198 valence electrons. The molecule has 1 amide bonds. The second-order valence-corrected chi connectivity index (χ2v) is 18.5. The van der Waals surface area contributed by atoms with E-state index in [2.05, 4.69) is 31.5 Å². The number of amidine groups is 1. The Balaban J connectivity index is 2.07. The molecule has 3 rings (SSSR count). The van der Waals surface area contributed by atoms with Crippen molar-refractivity contribution in [3.63, 3.8) is 0 Å². The molecule has 36 heavy (non-hydrogen) atoms. The van der Waals surface area contributed by atoms with Gasteiger partial charge in [-0.15, -0.1) is 5.92 Å². The number of aliphatic imine (C=N–C) groups is 1. The van der Waals surface area contributed by atoms with Gasteiger partial charge in [-0.3, -0.25) is 0 Å². The molecular formula is C26H37F2N3O3SSi. The molecule has 1 aliphatic carbocycles. The summed E-state index contributed by atoms with van der Waals surface area (Å²) in [6.07, 6.45) is -0.163. The molecular weight excluding hydrogens is 500 g/mol. The Morgan fingerprint density at radius 2 is 2.06 bits per heavy atom. The number of amides is 1. The fourth-order valence-corrected chi connectivity index (χ4v) is 6.46. The van der Waals surface area contributed by atoms with Gasteiger partial charge in [-0.25, -0.2) is 23.5 Å². The monoisotopic (exact) mass is 537 g/mol. The smallest absolute Gasteiger partial charge is 0.418 e. The van der Waals surface area contributed by atoms with E-state index in [-0.39, 0.29) is 23.4 Å². The summed E-state index contributed by atoms with van der Waals surface area (Å²) in [5.41, 5.74) is 3.99. The fraction of sp³-hybridized carbons (Fsp3) is 0.615. The first-order chi connectivity index (χ1) is 16.7. The summed E-state index contributed by atoms with van der Waals surface area (Å²) in [7, 11) is -1.36. The predicted molar refractivity (Wildman–Crippen MR) is 145 cm³/mol. The number of carbonyl (C=O) groups is 1. The number of carbonyl (C=O) groups excluding carboxylic acids is 1. The topological polar surface area (TPSA) is 77.1 Å². The predicted octanol–water partition coefficient (Wildman–Crippen LogP) is 6.01. The van der Waals surface area contributed by atoms with Crippen LogP contribution in [-0.2, 0) is 15.0 Å². The molecule has 2 N–H and O–H groups in total. The lowest BCUT2D eigenvalue weighted by Crippen LogP contribution is -2.47. The summed E-state index contributed by atoms with van der Waals surface area (Å²) >= 11 is 1.29.